The highest BCUT2D eigenvalue weighted by Gasteiger charge is 2.28. The van der Waals surface area contributed by atoms with Gasteiger partial charge in [0.05, 0.1) is 18.6 Å². The van der Waals surface area contributed by atoms with Gasteiger partial charge in [-0.3, -0.25) is 4.79 Å². The molecule has 3 N–H and O–H groups in total. The van der Waals surface area contributed by atoms with Crippen LogP contribution >= 0.6 is 12.4 Å². The van der Waals surface area contributed by atoms with E-state index in [0.29, 0.717) is 38.3 Å². The summed E-state index contributed by atoms with van der Waals surface area (Å²) in [5.41, 5.74) is 8.62. The number of nitrogens with one attached hydrogen (secondary N) is 1. The summed E-state index contributed by atoms with van der Waals surface area (Å²) in [5, 5.41) is 6.58. The largest absolute Gasteiger partial charge is 0.493 e. The van der Waals surface area contributed by atoms with Crippen molar-refractivity contribution in [3.8, 4) is 5.75 Å². The molecule has 10 heteroatoms. The molecule has 4 aromatic rings. The van der Waals surface area contributed by atoms with Crippen molar-refractivity contribution >= 4 is 24.3 Å². The fourth-order valence-corrected chi connectivity index (χ4v) is 4.26. The van der Waals surface area contributed by atoms with Crippen LogP contribution in [0.3, 0.4) is 0 Å². The molecule has 0 aliphatic rings. The smallest absolute Gasteiger partial charge is 0.408 e. The first-order valence-corrected chi connectivity index (χ1v) is 13.8. The summed E-state index contributed by atoms with van der Waals surface area (Å²) >= 11 is 0. The molecule has 42 heavy (non-hydrogen) atoms. The molecule has 0 spiro atoms. The van der Waals surface area contributed by atoms with Crippen LogP contribution in [0.25, 0.3) is 0 Å². The SMILES string of the molecule is CC(c1ccc(OCCc2ccccc2)cc1)c1nc(C(=O)C(CCCCN)NC(=O)OCc2ccccc2)no1.Cl. The first kappa shape index (κ1) is 32.3. The number of alkyl carbamates (subject to hydrolysis) is 1. The molecule has 0 bridgehead atoms. The van der Waals surface area contributed by atoms with Gasteiger partial charge in [0, 0.05) is 6.42 Å². The molecule has 0 saturated heterocycles. The number of aromatic nitrogens is 2. The van der Waals surface area contributed by atoms with Gasteiger partial charge in [-0.05, 0) is 61.6 Å². The number of Topliss-reactive ketones (excluding diaryl/α,β-unsaturated/α-hetero) is 1. The van der Waals surface area contributed by atoms with E-state index in [2.05, 4.69) is 27.6 Å². The van der Waals surface area contributed by atoms with Crippen molar-refractivity contribution in [3.63, 3.8) is 0 Å². The Kier molecular flexibility index (Phi) is 13.0. The van der Waals surface area contributed by atoms with Gasteiger partial charge in [0.25, 0.3) is 0 Å². The third-order valence-corrected chi connectivity index (χ3v) is 6.68. The Morgan fingerprint density at radius 3 is 2.26 bits per heavy atom. The molecule has 1 heterocycles. The van der Waals surface area contributed by atoms with Crippen LogP contribution in [0.15, 0.2) is 89.5 Å². The van der Waals surface area contributed by atoms with Gasteiger partial charge in [-0.2, -0.15) is 4.98 Å². The number of benzene rings is 3. The lowest BCUT2D eigenvalue weighted by atomic mass is 10.0. The number of hydrogen-bond donors (Lipinski definition) is 2. The van der Waals surface area contributed by atoms with Crippen LogP contribution in [-0.2, 0) is 17.8 Å². The van der Waals surface area contributed by atoms with Crippen molar-refractivity contribution in [1.29, 1.82) is 0 Å². The van der Waals surface area contributed by atoms with Gasteiger partial charge in [0.2, 0.25) is 17.5 Å². The Hall–Kier alpha value is -4.21. The number of carbonyl (C=O) groups is 2. The first-order valence-electron chi connectivity index (χ1n) is 13.8. The monoisotopic (exact) mass is 592 g/mol. The fraction of sp³-hybridized carbons (Fsp3) is 0.312. The zero-order valence-electron chi connectivity index (χ0n) is 23.6. The van der Waals surface area contributed by atoms with Crippen molar-refractivity contribution in [2.45, 2.75) is 51.2 Å². The second-order valence-corrected chi connectivity index (χ2v) is 9.74. The van der Waals surface area contributed by atoms with E-state index in [-0.39, 0.29) is 30.8 Å². The van der Waals surface area contributed by atoms with Crippen LogP contribution in [-0.4, -0.2) is 41.2 Å². The minimum absolute atomic E-state index is 0. The first-order chi connectivity index (χ1) is 20.0. The molecule has 0 fully saturated rings. The number of halogens is 1. The maximum atomic E-state index is 13.3. The molecule has 222 valence electrons. The maximum absolute atomic E-state index is 13.3. The maximum Gasteiger partial charge on any atom is 0.408 e. The topological polar surface area (TPSA) is 130 Å². The van der Waals surface area contributed by atoms with Crippen LogP contribution in [0.5, 0.6) is 5.75 Å². The van der Waals surface area contributed by atoms with Gasteiger partial charge in [0.1, 0.15) is 12.4 Å². The summed E-state index contributed by atoms with van der Waals surface area (Å²) in [6.07, 6.45) is 1.87. The highest BCUT2D eigenvalue weighted by Crippen LogP contribution is 2.25. The van der Waals surface area contributed by atoms with Gasteiger partial charge in [-0.1, -0.05) is 78.0 Å². The lowest BCUT2D eigenvalue weighted by Gasteiger charge is -2.16. The zero-order valence-corrected chi connectivity index (χ0v) is 24.4. The predicted octanol–water partition coefficient (Wildman–Crippen LogP) is 5.87. The Morgan fingerprint density at radius 2 is 1.60 bits per heavy atom. The van der Waals surface area contributed by atoms with Crippen LogP contribution < -0.4 is 15.8 Å². The van der Waals surface area contributed by atoms with Crippen molar-refractivity contribution in [1.82, 2.24) is 15.5 Å². The van der Waals surface area contributed by atoms with Crippen LogP contribution in [0.2, 0.25) is 0 Å². The van der Waals surface area contributed by atoms with Crippen molar-refractivity contribution < 1.29 is 23.6 Å². The number of ether oxygens (including phenoxy) is 2. The lowest BCUT2D eigenvalue weighted by molar-refractivity contribution is 0.0896. The van der Waals surface area contributed by atoms with E-state index in [1.54, 1.807) is 0 Å². The zero-order chi connectivity index (χ0) is 28.9. The Bertz CT molecular complexity index is 1370. The van der Waals surface area contributed by atoms with Gasteiger partial charge < -0.3 is 25.0 Å². The lowest BCUT2D eigenvalue weighted by Crippen LogP contribution is -2.41. The molecule has 0 saturated carbocycles. The molecule has 2 atom stereocenters. The third-order valence-electron chi connectivity index (χ3n) is 6.68. The summed E-state index contributed by atoms with van der Waals surface area (Å²) in [5.74, 6) is 0.293. The summed E-state index contributed by atoms with van der Waals surface area (Å²) < 4.78 is 16.6. The number of ketones is 1. The number of carbonyl (C=O) groups excluding carboxylic acids is 2. The molecule has 3 aromatic carbocycles. The van der Waals surface area contributed by atoms with Crippen LogP contribution in [0.4, 0.5) is 4.79 Å². The Balaban J connectivity index is 0.00000484. The number of amides is 1. The molecule has 0 aliphatic carbocycles. The van der Waals surface area contributed by atoms with Crippen molar-refractivity contribution in [2.75, 3.05) is 13.2 Å². The normalized spacial score (nSPS) is 12.0. The molecule has 1 aromatic heterocycles. The van der Waals surface area contributed by atoms with E-state index in [9.17, 15) is 9.59 Å². The van der Waals surface area contributed by atoms with E-state index < -0.39 is 17.9 Å². The average Bonchev–Trinajstić information content (AvgIpc) is 3.51. The van der Waals surface area contributed by atoms with Crippen molar-refractivity contribution in [2.24, 2.45) is 5.73 Å². The quantitative estimate of drug-likeness (QED) is 0.129. The predicted molar refractivity (Wildman–Crippen MR) is 162 cm³/mol. The highest BCUT2D eigenvalue weighted by molar-refractivity contribution is 5.98. The number of rotatable bonds is 15. The molecule has 9 nitrogen and oxygen atoms in total. The van der Waals surface area contributed by atoms with Crippen LogP contribution in [0, 0.1) is 0 Å². The van der Waals surface area contributed by atoms with Crippen LogP contribution in [0.1, 0.15) is 65.3 Å². The van der Waals surface area contributed by atoms with E-state index in [4.69, 9.17) is 19.7 Å². The minimum atomic E-state index is -0.863. The molecule has 1 amide bonds. The second kappa shape index (κ2) is 16.9. The van der Waals surface area contributed by atoms with E-state index in [0.717, 1.165) is 23.3 Å². The van der Waals surface area contributed by atoms with E-state index >= 15 is 0 Å². The van der Waals surface area contributed by atoms with Gasteiger partial charge >= 0.3 is 6.09 Å². The number of hydrogen-bond acceptors (Lipinski definition) is 8. The summed E-state index contributed by atoms with van der Waals surface area (Å²) in [7, 11) is 0. The molecule has 0 aliphatic heterocycles. The minimum Gasteiger partial charge on any atom is -0.493 e. The Morgan fingerprint density at radius 1 is 0.929 bits per heavy atom. The summed E-state index contributed by atoms with van der Waals surface area (Å²) in [4.78, 5) is 30.1. The van der Waals surface area contributed by atoms with Gasteiger partial charge in [-0.25, -0.2) is 4.79 Å². The van der Waals surface area contributed by atoms with E-state index in [1.807, 2.05) is 79.7 Å². The Labute approximate surface area is 252 Å². The standard InChI is InChI=1S/C32H36N4O5.ClH/c1-23(26-15-17-27(18-16-26)39-21-19-24-10-4-2-5-11-24)31-35-30(36-41-31)29(37)28(14-8-9-20-33)34-32(38)40-22-25-12-6-3-7-13-25;/h2-7,10-13,15-18,23,28H,8-9,14,19-22,33H2,1H3,(H,34,38);1H. The molecular formula is C32H37ClN4O5. The van der Waals surface area contributed by atoms with Gasteiger partial charge in [0.15, 0.2) is 0 Å². The average molecular weight is 593 g/mol. The van der Waals surface area contributed by atoms with Crippen molar-refractivity contribution in [3.05, 3.63) is 113 Å². The summed E-state index contributed by atoms with van der Waals surface area (Å²) in [6.45, 7) is 3.08. The second-order valence-electron chi connectivity index (χ2n) is 9.74. The molecule has 0 radical (unpaired) electrons. The summed E-state index contributed by atoms with van der Waals surface area (Å²) in [6, 6.07) is 26.3. The number of unbranched alkanes of at least 4 members (excludes halogenated alkanes) is 1. The number of nitrogens with zero attached hydrogens (tertiary/aromatic N) is 2. The molecule has 4 rings (SSSR count). The molecule has 2 unspecified atom stereocenters. The number of nitrogens with two attached hydrogens (primary N) is 1. The third kappa shape index (κ3) is 9.71. The molecular weight excluding hydrogens is 556 g/mol. The fourth-order valence-electron chi connectivity index (χ4n) is 4.26. The highest BCUT2D eigenvalue weighted by atomic mass is 35.5. The van der Waals surface area contributed by atoms with Gasteiger partial charge in [-0.15, -0.1) is 12.4 Å². The van der Waals surface area contributed by atoms with E-state index in [1.165, 1.54) is 5.56 Å².